The van der Waals surface area contributed by atoms with Crippen LogP contribution in [-0.2, 0) is 11.3 Å². The van der Waals surface area contributed by atoms with Crippen LogP contribution >= 0.6 is 11.6 Å². The van der Waals surface area contributed by atoms with Gasteiger partial charge in [0.05, 0.1) is 0 Å². The van der Waals surface area contributed by atoms with Crippen molar-refractivity contribution >= 4 is 29.2 Å². The molecule has 0 spiro atoms. The van der Waals surface area contributed by atoms with Crippen LogP contribution in [0.1, 0.15) is 30.4 Å². The van der Waals surface area contributed by atoms with Gasteiger partial charge in [0, 0.05) is 36.8 Å². The average Bonchev–Trinajstić information content (AvgIpc) is 2.68. The molecule has 0 aromatic heterocycles. The Morgan fingerprint density at radius 1 is 1.11 bits per heavy atom. The third kappa shape index (κ3) is 5.73. The van der Waals surface area contributed by atoms with Gasteiger partial charge in [0.1, 0.15) is 0 Å². The highest BCUT2D eigenvalue weighted by atomic mass is 35.5. The van der Waals surface area contributed by atoms with E-state index in [1.165, 1.54) is 5.56 Å². The van der Waals surface area contributed by atoms with Crippen molar-refractivity contribution < 1.29 is 9.59 Å². The van der Waals surface area contributed by atoms with Crippen LogP contribution in [-0.4, -0.2) is 29.9 Å². The van der Waals surface area contributed by atoms with Gasteiger partial charge in [-0.2, -0.15) is 0 Å². The normalized spacial score (nSPS) is 14.6. The zero-order valence-electron chi connectivity index (χ0n) is 16.1. The van der Waals surface area contributed by atoms with E-state index in [1.54, 1.807) is 23.1 Å². The lowest BCUT2D eigenvalue weighted by molar-refractivity contribution is -0.122. The summed E-state index contributed by atoms with van der Waals surface area (Å²) in [6, 6.07) is 15.1. The predicted molar refractivity (Wildman–Crippen MR) is 112 cm³/mol. The van der Waals surface area contributed by atoms with Crippen LogP contribution in [0.25, 0.3) is 0 Å². The second-order valence-corrected chi connectivity index (χ2v) is 7.71. The summed E-state index contributed by atoms with van der Waals surface area (Å²) < 4.78 is 0. The van der Waals surface area contributed by atoms with Crippen molar-refractivity contribution in [1.82, 2.24) is 10.2 Å². The number of carbonyl (C=O) groups is 2. The lowest BCUT2D eigenvalue weighted by Gasteiger charge is -2.31. The van der Waals surface area contributed by atoms with Crippen molar-refractivity contribution in [1.29, 1.82) is 0 Å². The molecule has 0 radical (unpaired) electrons. The molecule has 0 unspecified atom stereocenters. The molecular weight excluding hydrogens is 374 g/mol. The highest BCUT2D eigenvalue weighted by Gasteiger charge is 2.24. The summed E-state index contributed by atoms with van der Waals surface area (Å²) in [5.41, 5.74) is 3.01. The Bertz CT molecular complexity index is 832. The first-order valence-corrected chi connectivity index (χ1v) is 10.0. The summed E-state index contributed by atoms with van der Waals surface area (Å²) in [5.74, 6) is 0.386. The molecule has 2 N–H and O–H groups in total. The quantitative estimate of drug-likeness (QED) is 0.771. The summed E-state index contributed by atoms with van der Waals surface area (Å²) in [5, 5.41) is 6.48. The maximum absolute atomic E-state index is 12.4. The second kappa shape index (κ2) is 9.60. The van der Waals surface area contributed by atoms with Crippen molar-refractivity contribution in [3.63, 3.8) is 0 Å². The second-order valence-electron chi connectivity index (χ2n) is 7.28. The van der Waals surface area contributed by atoms with Gasteiger partial charge in [-0.15, -0.1) is 0 Å². The van der Waals surface area contributed by atoms with Gasteiger partial charge in [0.25, 0.3) is 0 Å². The maximum atomic E-state index is 12.4. The van der Waals surface area contributed by atoms with Crippen LogP contribution in [0.3, 0.4) is 0 Å². The zero-order valence-corrected chi connectivity index (χ0v) is 16.8. The highest BCUT2D eigenvalue weighted by Crippen LogP contribution is 2.22. The van der Waals surface area contributed by atoms with Gasteiger partial charge in [0.2, 0.25) is 5.91 Å². The fourth-order valence-electron chi connectivity index (χ4n) is 3.45. The van der Waals surface area contributed by atoms with Gasteiger partial charge in [-0.1, -0.05) is 41.9 Å². The number of hydrogen-bond donors (Lipinski definition) is 2. The minimum atomic E-state index is -0.121. The van der Waals surface area contributed by atoms with Gasteiger partial charge in [-0.05, 0) is 55.0 Å². The molecule has 0 aliphatic carbocycles. The summed E-state index contributed by atoms with van der Waals surface area (Å²) >= 11 is 5.95. The third-order valence-electron chi connectivity index (χ3n) is 5.19. The number of carbonyl (C=O) groups excluding carboxylic acids is 2. The number of likely N-dealkylation sites (tertiary alicyclic amines) is 1. The van der Waals surface area contributed by atoms with E-state index in [4.69, 9.17) is 11.6 Å². The monoisotopic (exact) mass is 399 g/mol. The van der Waals surface area contributed by atoms with Gasteiger partial charge >= 0.3 is 6.03 Å². The summed E-state index contributed by atoms with van der Waals surface area (Å²) in [7, 11) is 0. The molecule has 2 aromatic rings. The maximum Gasteiger partial charge on any atom is 0.321 e. The fraction of sp³-hybridized carbons (Fsp3) is 0.364. The fourth-order valence-corrected chi connectivity index (χ4v) is 3.64. The van der Waals surface area contributed by atoms with Crippen LogP contribution in [0, 0.1) is 12.8 Å². The van der Waals surface area contributed by atoms with Crippen LogP contribution < -0.4 is 10.6 Å². The molecule has 0 atom stereocenters. The lowest BCUT2D eigenvalue weighted by Crippen LogP contribution is -2.41. The van der Waals surface area contributed by atoms with E-state index in [9.17, 15) is 9.59 Å². The Labute approximate surface area is 171 Å². The molecule has 28 heavy (non-hydrogen) atoms. The Morgan fingerprint density at radius 3 is 2.57 bits per heavy atom. The van der Waals surface area contributed by atoms with Crippen molar-refractivity contribution in [2.24, 2.45) is 5.92 Å². The number of rotatable bonds is 5. The highest BCUT2D eigenvalue weighted by molar-refractivity contribution is 6.30. The van der Waals surface area contributed by atoms with Gasteiger partial charge in [0.15, 0.2) is 0 Å². The minimum Gasteiger partial charge on any atom is -0.352 e. The number of halogens is 1. The molecule has 3 rings (SSSR count). The van der Waals surface area contributed by atoms with Crippen LogP contribution in [0.2, 0.25) is 5.02 Å². The molecule has 0 saturated carbocycles. The topological polar surface area (TPSA) is 61.4 Å². The number of urea groups is 1. The Morgan fingerprint density at radius 2 is 1.86 bits per heavy atom. The minimum absolute atomic E-state index is 0.0742. The Hall–Kier alpha value is -2.53. The zero-order chi connectivity index (χ0) is 19.9. The standard InChI is InChI=1S/C22H26ClN3O2/c1-16-5-2-3-6-18(16)15-24-21(27)13-17-9-11-26(12-10-17)22(28)25-20-8-4-7-19(23)14-20/h2-8,14,17H,9-13,15H2,1H3,(H,24,27)(H,25,28). The van der Waals surface area contributed by atoms with E-state index >= 15 is 0 Å². The van der Waals surface area contributed by atoms with Gasteiger partial charge < -0.3 is 15.5 Å². The van der Waals surface area contributed by atoms with E-state index in [2.05, 4.69) is 10.6 Å². The van der Waals surface area contributed by atoms with E-state index in [1.807, 2.05) is 37.3 Å². The van der Waals surface area contributed by atoms with Gasteiger partial charge in [-0.3, -0.25) is 4.79 Å². The number of amides is 3. The summed E-state index contributed by atoms with van der Waals surface area (Å²) in [4.78, 5) is 26.5. The molecule has 1 aliphatic heterocycles. The van der Waals surface area contributed by atoms with E-state index < -0.39 is 0 Å². The Kier molecular flexibility index (Phi) is 6.93. The smallest absolute Gasteiger partial charge is 0.321 e. The number of nitrogens with one attached hydrogen (secondary N) is 2. The number of aryl methyl sites for hydroxylation is 1. The van der Waals surface area contributed by atoms with Crippen LogP contribution in [0.15, 0.2) is 48.5 Å². The van der Waals surface area contributed by atoms with Crippen molar-refractivity contribution in [2.45, 2.75) is 32.7 Å². The first-order chi connectivity index (χ1) is 13.5. The third-order valence-corrected chi connectivity index (χ3v) is 5.42. The summed E-state index contributed by atoms with van der Waals surface area (Å²) in [6.07, 6.45) is 2.18. The number of benzene rings is 2. The SMILES string of the molecule is Cc1ccccc1CNC(=O)CC1CCN(C(=O)Nc2cccc(Cl)c2)CC1. The van der Waals surface area contributed by atoms with E-state index in [0.717, 1.165) is 18.4 Å². The number of piperidine rings is 1. The Balaban J connectivity index is 1.40. The molecule has 6 heteroatoms. The molecule has 1 aliphatic rings. The molecule has 0 bridgehead atoms. The van der Waals surface area contributed by atoms with Crippen LogP contribution in [0.5, 0.6) is 0 Å². The molecule has 3 amide bonds. The summed E-state index contributed by atoms with van der Waals surface area (Å²) in [6.45, 7) is 3.92. The van der Waals surface area contributed by atoms with Crippen molar-refractivity contribution in [3.8, 4) is 0 Å². The van der Waals surface area contributed by atoms with Crippen molar-refractivity contribution in [3.05, 3.63) is 64.7 Å². The molecule has 1 saturated heterocycles. The predicted octanol–water partition coefficient (Wildman–Crippen LogP) is 4.60. The van der Waals surface area contributed by atoms with Crippen molar-refractivity contribution in [2.75, 3.05) is 18.4 Å². The molecule has 148 valence electrons. The first-order valence-electron chi connectivity index (χ1n) is 9.64. The van der Waals surface area contributed by atoms with E-state index in [0.29, 0.717) is 42.7 Å². The lowest BCUT2D eigenvalue weighted by atomic mass is 9.93. The first kappa shape index (κ1) is 20.2. The molecule has 1 heterocycles. The molecule has 2 aromatic carbocycles. The number of anilines is 1. The average molecular weight is 400 g/mol. The van der Waals surface area contributed by atoms with Gasteiger partial charge in [-0.25, -0.2) is 4.79 Å². The number of hydrogen-bond acceptors (Lipinski definition) is 2. The number of nitrogens with zero attached hydrogens (tertiary/aromatic N) is 1. The molecule has 5 nitrogen and oxygen atoms in total. The van der Waals surface area contributed by atoms with Crippen LogP contribution in [0.4, 0.5) is 10.5 Å². The largest absolute Gasteiger partial charge is 0.352 e. The van der Waals surface area contributed by atoms with E-state index in [-0.39, 0.29) is 11.9 Å². The molecule has 1 fully saturated rings. The molecular formula is C22H26ClN3O2.